The number of rotatable bonds is 4. The molecule has 0 aliphatic heterocycles. The van der Waals surface area contributed by atoms with Crippen LogP contribution in [0.3, 0.4) is 0 Å². The van der Waals surface area contributed by atoms with Gasteiger partial charge in [0.25, 0.3) is 0 Å². The van der Waals surface area contributed by atoms with Crippen molar-refractivity contribution in [3.63, 3.8) is 0 Å². The fraction of sp³-hybridized carbons (Fsp3) is 0.889. The number of thioether (sulfide) groups is 1. The van der Waals surface area contributed by atoms with Gasteiger partial charge in [-0.15, -0.1) is 5.10 Å². The summed E-state index contributed by atoms with van der Waals surface area (Å²) in [5, 5.41) is 21.4. The van der Waals surface area contributed by atoms with Gasteiger partial charge < -0.3 is 5.11 Å². The Balaban J connectivity index is 2.02. The minimum absolute atomic E-state index is 0.169. The summed E-state index contributed by atoms with van der Waals surface area (Å²) in [4.78, 5) is 0. The Morgan fingerprint density at radius 3 is 2.87 bits per heavy atom. The monoisotopic (exact) mass is 228 g/mol. The molecule has 0 aromatic carbocycles. The van der Waals surface area contributed by atoms with Gasteiger partial charge in [0.05, 0.1) is 12.6 Å². The molecule has 1 aromatic rings. The highest BCUT2D eigenvalue weighted by atomic mass is 32.2. The average molecular weight is 228 g/mol. The Hall–Kier alpha value is -0.620. The fourth-order valence-electron chi connectivity index (χ4n) is 1.97. The highest BCUT2D eigenvalue weighted by Gasteiger charge is 2.19. The van der Waals surface area contributed by atoms with Crippen LogP contribution in [0.1, 0.15) is 38.1 Å². The molecule has 0 radical (unpaired) electrons. The molecule has 1 aliphatic carbocycles. The summed E-state index contributed by atoms with van der Waals surface area (Å²) in [5.74, 6) is 0.660. The molecule has 5 nitrogen and oxygen atoms in total. The van der Waals surface area contributed by atoms with Crippen LogP contribution in [0, 0.1) is 0 Å². The molecule has 1 heterocycles. The van der Waals surface area contributed by atoms with Crippen LogP contribution in [-0.4, -0.2) is 37.7 Å². The van der Waals surface area contributed by atoms with Crippen molar-refractivity contribution in [1.29, 1.82) is 0 Å². The molecule has 1 fully saturated rings. The van der Waals surface area contributed by atoms with E-state index < -0.39 is 0 Å². The second-order valence-corrected chi connectivity index (χ2v) is 4.83. The van der Waals surface area contributed by atoms with E-state index in [1.165, 1.54) is 43.9 Å². The fourth-order valence-corrected chi connectivity index (χ4v) is 2.66. The second kappa shape index (κ2) is 5.46. The van der Waals surface area contributed by atoms with Crippen LogP contribution in [0.25, 0.3) is 0 Å². The first-order valence-electron chi connectivity index (χ1n) is 5.43. The largest absolute Gasteiger partial charge is 0.396 e. The summed E-state index contributed by atoms with van der Waals surface area (Å²) in [5.41, 5.74) is 0. The number of aliphatic hydroxyl groups excluding tert-OH is 1. The van der Waals surface area contributed by atoms with Crippen molar-refractivity contribution in [3.8, 4) is 0 Å². The topological polar surface area (TPSA) is 63.8 Å². The van der Waals surface area contributed by atoms with E-state index in [2.05, 4.69) is 15.5 Å². The highest BCUT2D eigenvalue weighted by molar-refractivity contribution is 7.99. The summed E-state index contributed by atoms with van der Waals surface area (Å²) in [6, 6.07) is 0.468. The highest BCUT2D eigenvalue weighted by Crippen LogP contribution is 2.29. The lowest BCUT2D eigenvalue weighted by Gasteiger charge is -2.21. The van der Waals surface area contributed by atoms with Gasteiger partial charge in [-0.25, -0.2) is 4.68 Å². The van der Waals surface area contributed by atoms with Crippen LogP contribution < -0.4 is 0 Å². The van der Waals surface area contributed by atoms with Crippen LogP contribution in [0.15, 0.2) is 5.16 Å². The van der Waals surface area contributed by atoms with Gasteiger partial charge in [-0.3, -0.25) is 0 Å². The van der Waals surface area contributed by atoms with Gasteiger partial charge in [0.15, 0.2) is 0 Å². The third-order valence-corrected chi connectivity index (χ3v) is 3.62. The predicted molar refractivity (Wildman–Crippen MR) is 57.7 cm³/mol. The summed E-state index contributed by atoms with van der Waals surface area (Å²) in [6.45, 7) is 0.169. The number of hydrogen-bond acceptors (Lipinski definition) is 5. The molecule has 1 saturated carbocycles. The molecule has 84 valence electrons. The van der Waals surface area contributed by atoms with Gasteiger partial charge in [-0.05, 0) is 23.3 Å². The molecule has 0 bridgehead atoms. The van der Waals surface area contributed by atoms with Crippen molar-refractivity contribution < 1.29 is 5.11 Å². The molecule has 2 rings (SSSR count). The Morgan fingerprint density at radius 1 is 1.33 bits per heavy atom. The lowest BCUT2D eigenvalue weighted by atomic mass is 9.96. The van der Waals surface area contributed by atoms with Crippen molar-refractivity contribution in [3.05, 3.63) is 0 Å². The molecule has 0 amide bonds. The summed E-state index contributed by atoms with van der Waals surface area (Å²) in [7, 11) is 0. The predicted octanol–water partition coefficient (Wildman–Crippen LogP) is 1.26. The molecule has 15 heavy (non-hydrogen) atoms. The van der Waals surface area contributed by atoms with Crippen LogP contribution in [-0.2, 0) is 0 Å². The summed E-state index contributed by atoms with van der Waals surface area (Å²) < 4.78 is 1.93. The molecular weight excluding hydrogens is 212 g/mol. The first-order chi connectivity index (χ1) is 7.42. The minimum Gasteiger partial charge on any atom is -0.396 e. The molecule has 1 N–H and O–H groups in total. The van der Waals surface area contributed by atoms with E-state index in [4.69, 9.17) is 5.11 Å². The van der Waals surface area contributed by atoms with E-state index in [0.717, 1.165) is 5.16 Å². The van der Waals surface area contributed by atoms with Crippen molar-refractivity contribution in [1.82, 2.24) is 20.2 Å². The summed E-state index contributed by atoms with van der Waals surface area (Å²) in [6.07, 6.45) is 6.23. The van der Waals surface area contributed by atoms with Crippen molar-refractivity contribution in [2.24, 2.45) is 0 Å². The smallest absolute Gasteiger partial charge is 0.209 e. The number of aromatic nitrogens is 4. The minimum atomic E-state index is 0.169. The van der Waals surface area contributed by atoms with E-state index in [1.54, 1.807) is 0 Å². The van der Waals surface area contributed by atoms with E-state index in [-0.39, 0.29) is 6.61 Å². The lowest BCUT2D eigenvalue weighted by molar-refractivity contribution is 0.306. The van der Waals surface area contributed by atoms with E-state index in [1.807, 2.05) is 4.68 Å². The van der Waals surface area contributed by atoms with Crippen LogP contribution in [0.2, 0.25) is 0 Å². The molecular formula is C9H16N4OS. The van der Waals surface area contributed by atoms with Crippen molar-refractivity contribution in [2.75, 3.05) is 12.4 Å². The van der Waals surface area contributed by atoms with Gasteiger partial charge in [-0.2, -0.15) is 0 Å². The SMILES string of the molecule is OCCSc1nnnn1C1CCCCC1. The maximum atomic E-state index is 8.77. The van der Waals surface area contributed by atoms with Crippen LogP contribution >= 0.6 is 11.8 Å². The zero-order chi connectivity index (χ0) is 10.5. The molecule has 6 heteroatoms. The van der Waals surface area contributed by atoms with Gasteiger partial charge in [-0.1, -0.05) is 31.0 Å². The standard InChI is InChI=1S/C9H16N4OS/c14-6-7-15-9-10-11-12-13(9)8-4-2-1-3-5-8/h8,14H,1-7H2. The molecule has 0 atom stereocenters. The number of tetrazole rings is 1. The number of hydrogen-bond donors (Lipinski definition) is 1. The third kappa shape index (κ3) is 2.69. The molecule has 0 spiro atoms. The van der Waals surface area contributed by atoms with Crippen LogP contribution in [0.5, 0.6) is 0 Å². The number of nitrogens with zero attached hydrogens (tertiary/aromatic N) is 4. The van der Waals surface area contributed by atoms with E-state index in [0.29, 0.717) is 11.8 Å². The van der Waals surface area contributed by atoms with Crippen molar-refractivity contribution >= 4 is 11.8 Å². The van der Waals surface area contributed by atoms with Gasteiger partial charge in [0.1, 0.15) is 0 Å². The Bertz CT molecular complexity index is 298. The quantitative estimate of drug-likeness (QED) is 0.786. The summed E-state index contributed by atoms with van der Waals surface area (Å²) >= 11 is 1.52. The van der Waals surface area contributed by atoms with E-state index in [9.17, 15) is 0 Å². The molecule has 1 aromatic heterocycles. The Labute approximate surface area is 93.2 Å². The maximum Gasteiger partial charge on any atom is 0.209 e. The lowest BCUT2D eigenvalue weighted by Crippen LogP contribution is -2.15. The third-order valence-electron chi connectivity index (χ3n) is 2.71. The van der Waals surface area contributed by atoms with Gasteiger partial charge in [0.2, 0.25) is 5.16 Å². The first kappa shape index (κ1) is 10.9. The zero-order valence-electron chi connectivity index (χ0n) is 8.67. The van der Waals surface area contributed by atoms with Gasteiger partial charge in [0, 0.05) is 5.75 Å². The maximum absolute atomic E-state index is 8.77. The first-order valence-corrected chi connectivity index (χ1v) is 6.42. The number of aliphatic hydroxyl groups is 1. The zero-order valence-corrected chi connectivity index (χ0v) is 9.49. The average Bonchev–Trinajstić information content (AvgIpc) is 2.75. The second-order valence-electron chi connectivity index (χ2n) is 3.77. The normalized spacial score (nSPS) is 18.2. The molecule has 0 unspecified atom stereocenters. The van der Waals surface area contributed by atoms with E-state index >= 15 is 0 Å². The van der Waals surface area contributed by atoms with Crippen molar-refractivity contribution in [2.45, 2.75) is 43.3 Å². The van der Waals surface area contributed by atoms with Gasteiger partial charge >= 0.3 is 0 Å². The Kier molecular flexibility index (Phi) is 3.96. The van der Waals surface area contributed by atoms with Crippen LogP contribution in [0.4, 0.5) is 0 Å². The Morgan fingerprint density at radius 2 is 2.13 bits per heavy atom. The molecule has 0 saturated heterocycles. The molecule has 1 aliphatic rings.